The Hall–Kier alpha value is -3.92. The normalized spacial score (nSPS) is 18.6. The summed E-state index contributed by atoms with van der Waals surface area (Å²) in [6.07, 6.45) is 0. The van der Waals surface area contributed by atoms with Gasteiger partial charge in [-0.25, -0.2) is 9.59 Å². The Kier molecular flexibility index (Phi) is 7.31. The van der Waals surface area contributed by atoms with E-state index >= 15 is 0 Å². The number of hydrogen-bond donors (Lipinski definition) is 2. The fourth-order valence-corrected chi connectivity index (χ4v) is 4.52. The van der Waals surface area contributed by atoms with Gasteiger partial charge in [0, 0.05) is 56.2 Å². The Balaban J connectivity index is 1.57. The van der Waals surface area contributed by atoms with E-state index < -0.39 is 23.0 Å². The minimum absolute atomic E-state index is 0.0672. The fraction of sp³-hybridized carbons (Fsp3) is 0.360. The number of nitro groups is 1. The van der Waals surface area contributed by atoms with Gasteiger partial charge < -0.3 is 20.3 Å². The number of hydrogen-bond acceptors (Lipinski definition) is 7. The van der Waals surface area contributed by atoms with Gasteiger partial charge in [0.05, 0.1) is 23.1 Å². The van der Waals surface area contributed by atoms with Crippen LogP contribution in [0.5, 0.6) is 0 Å². The van der Waals surface area contributed by atoms with Crippen LogP contribution < -0.4 is 15.5 Å². The number of carbonyl (C=O) groups is 2. The molecule has 2 aromatic carbocycles. The molecule has 2 heterocycles. The molecule has 10 heteroatoms. The number of nitrogens with one attached hydrogen (secondary N) is 2. The monoisotopic (exact) mass is 479 g/mol. The second-order valence-corrected chi connectivity index (χ2v) is 8.54. The molecule has 2 amide bonds. The predicted molar refractivity (Wildman–Crippen MR) is 131 cm³/mol. The number of anilines is 1. The third kappa shape index (κ3) is 5.43. The third-order valence-corrected chi connectivity index (χ3v) is 6.30. The van der Waals surface area contributed by atoms with Gasteiger partial charge in [0.1, 0.15) is 0 Å². The molecule has 0 aliphatic carbocycles. The van der Waals surface area contributed by atoms with E-state index in [2.05, 4.69) is 39.5 Å². The van der Waals surface area contributed by atoms with Crippen LogP contribution in [0.3, 0.4) is 0 Å². The lowest BCUT2D eigenvalue weighted by Crippen LogP contribution is -2.52. The van der Waals surface area contributed by atoms with Crippen LogP contribution in [0.4, 0.5) is 16.2 Å². The van der Waals surface area contributed by atoms with Gasteiger partial charge in [0.15, 0.2) is 0 Å². The van der Waals surface area contributed by atoms with Gasteiger partial charge in [0.2, 0.25) is 0 Å². The minimum atomic E-state index is -0.771. The maximum absolute atomic E-state index is 13.0. The highest BCUT2D eigenvalue weighted by atomic mass is 16.6. The van der Waals surface area contributed by atoms with E-state index in [4.69, 9.17) is 4.74 Å². The van der Waals surface area contributed by atoms with Crippen molar-refractivity contribution in [2.45, 2.75) is 19.9 Å². The Morgan fingerprint density at radius 3 is 2.43 bits per heavy atom. The lowest BCUT2D eigenvalue weighted by molar-refractivity contribution is -0.384. The summed E-state index contributed by atoms with van der Waals surface area (Å²) in [7, 11) is 0. The molecule has 0 saturated carbocycles. The number of benzene rings is 2. The Morgan fingerprint density at radius 1 is 1.11 bits per heavy atom. The van der Waals surface area contributed by atoms with E-state index in [0.29, 0.717) is 23.4 Å². The molecule has 0 unspecified atom stereocenters. The van der Waals surface area contributed by atoms with Crippen LogP contribution in [0, 0.1) is 17.0 Å². The number of nitro benzene ring substituents is 1. The van der Waals surface area contributed by atoms with Crippen molar-refractivity contribution in [2.75, 3.05) is 44.2 Å². The van der Waals surface area contributed by atoms with Crippen molar-refractivity contribution in [1.82, 2.24) is 15.5 Å². The number of non-ortho nitro benzene ring substituents is 1. The van der Waals surface area contributed by atoms with E-state index in [-0.39, 0.29) is 12.3 Å². The number of amides is 2. The van der Waals surface area contributed by atoms with Crippen LogP contribution in [0.1, 0.15) is 24.1 Å². The molecule has 1 atom stereocenters. The Morgan fingerprint density at radius 2 is 1.80 bits per heavy atom. The van der Waals surface area contributed by atoms with Crippen molar-refractivity contribution in [2.24, 2.45) is 0 Å². The van der Waals surface area contributed by atoms with E-state index in [1.807, 2.05) is 12.1 Å². The number of para-hydroxylation sites is 1. The number of carbonyl (C=O) groups excluding carboxylic acids is 2. The molecule has 10 nitrogen and oxygen atoms in total. The van der Waals surface area contributed by atoms with Gasteiger partial charge in [-0.1, -0.05) is 18.2 Å². The van der Waals surface area contributed by atoms with Crippen LogP contribution >= 0.6 is 0 Å². The first-order valence-corrected chi connectivity index (χ1v) is 11.6. The average molecular weight is 480 g/mol. The molecular formula is C25H29N5O5. The number of aryl methyl sites for hydroxylation is 1. The molecule has 2 aromatic rings. The number of urea groups is 1. The zero-order valence-electron chi connectivity index (χ0n) is 19.8. The number of ether oxygens (including phenoxy) is 1. The van der Waals surface area contributed by atoms with Crippen molar-refractivity contribution in [3.63, 3.8) is 0 Å². The summed E-state index contributed by atoms with van der Waals surface area (Å²) in [6.45, 7) is 7.56. The summed E-state index contributed by atoms with van der Waals surface area (Å²) in [5.74, 6) is -0.531. The number of nitrogens with zero attached hydrogens (tertiary/aromatic N) is 3. The quantitative estimate of drug-likeness (QED) is 0.356. The first-order chi connectivity index (χ1) is 16.9. The highest BCUT2D eigenvalue weighted by Crippen LogP contribution is 2.30. The second kappa shape index (κ2) is 10.6. The SMILES string of the molecule is CCOC(=O)C1=C(CN2CCN(c3ccccc3C)CC2)NC(=O)N[C@H]1c1ccc([N+](=O)[O-])cc1. The number of piperazine rings is 1. The van der Waals surface area contributed by atoms with E-state index in [9.17, 15) is 19.7 Å². The Labute approximate surface area is 203 Å². The largest absolute Gasteiger partial charge is 0.463 e. The summed E-state index contributed by atoms with van der Waals surface area (Å²) >= 11 is 0. The molecule has 184 valence electrons. The second-order valence-electron chi connectivity index (χ2n) is 8.54. The highest BCUT2D eigenvalue weighted by Gasteiger charge is 2.35. The zero-order chi connectivity index (χ0) is 24.9. The fourth-order valence-electron chi connectivity index (χ4n) is 4.52. The molecule has 0 bridgehead atoms. The Bertz CT molecular complexity index is 1140. The van der Waals surface area contributed by atoms with Crippen molar-refractivity contribution < 1.29 is 19.2 Å². The predicted octanol–water partition coefficient (Wildman–Crippen LogP) is 2.90. The topological polar surface area (TPSA) is 117 Å². The molecule has 35 heavy (non-hydrogen) atoms. The van der Waals surface area contributed by atoms with Gasteiger partial charge >= 0.3 is 12.0 Å². The van der Waals surface area contributed by atoms with Gasteiger partial charge in [-0.3, -0.25) is 15.0 Å². The van der Waals surface area contributed by atoms with Crippen molar-refractivity contribution in [3.8, 4) is 0 Å². The van der Waals surface area contributed by atoms with Crippen LogP contribution in [0.15, 0.2) is 59.8 Å². The van der Waals surface area contributed by atoms with Gasteiger partial charge in [0.25, 0.3) is 5.69 Å². The first-order valence-electron chi connectivity index (χ1n) is 11.6. The lowest BCUT2D eigenvalue weighted by Gasteiger charge is -2.38. The molecule has 0 spiro atoms. The average Bonchev–Trinajstić information content (AvgIpc) is 2.85. The summed E-state index contributed by atoms with van der Waals surface area (Å²) in [5, 5.41) is 16.6. The molecule has 4 rings (SSSR count). The zero-order valence-corrected chi connectivity index (χ0v) is 19.8. The van der Waals surface area contributed by atoms with Crippen LogP contribution in [-0.2, 0) is 9.53 Å². The molecule has 1 fully saturated rings. The van der Waals surface area contributed by atoms with Crippen molar-refractivity contribution in [3.05, 3.63) is 81.0 Å². The summed E-state index contributed by atoms with van der Waals surface area (Å²) in [4.78, 5) is 40.6. The summed E-state index contributed by atoms with van der Waals surface area (Å²) < 4.78 is 5.31. The molecular weight excluding hydrogens is 450 g/mol. The van der Waals surface area contributed by atoms with Crippen LogP contribution in [0.2, 0.25) is 0 Å². The molecule has 0 aromatic heterocycles. The van der Waals surface area contributed by atoms with Crippen LogP contribution in [-0.4, -0.2) is 61.2 Å². The molecule has 1 saturated heterocycles. The maximum atomic E-state index is 13.0. The molecule has 2 aliphatic rings. The third-order valence-electron chi connectivity index (χ3n) is 6.30. The number of rotatable bonds is 7. The smallest absolute Gasteiger partial charge is 0.338 e. The minimum Gasteiger partial charge on any atom is -0.463 e. The maximum Gasteiger partial charge on any atom is 0.338 e. The van der Waals surface area contributed by atoms with Gasteiger partial charge in [-0.15, -0.1) is 0 Å². The number of esters is 1. The van der Waals surface area contributed by atoms with E-state index in [0.717, 1.165) is 26.2 Å². The molecule has 2 aliphatic heterocycles. The van der Waals surface area contributed by atoms with Gasteiger partial charge in [-0.05, 0) is 43.2 Å². The molecule has 0 radical (unpaired) electrons. The highest BCUT2D eigenvalue weighted by molar-refractivity contribution is 5.95. The van der Waals surface area contributed by atoms with Crippen LogP contribution in [0.25, 0.3) is 0 Å². The van der Waals surface area contributed by atoms with Crippen molar-refractivity contribution in [1.29, 1.82) is 0 Å². The van der Waals surface area contributed by atoms with E-state index in [1.165, 1.54) is 23.4 Å². The lowest BCUT2D eigenvalue weighted by atomic mass is 9.94. The van der Waals surface area contributed by atoms with Gasteiger partial charge in [-0.2, -0.15) is 0 Å². The molecule has 2 N–H and O–H groups in total. The standard InChI is InChI=1S/C25H29N5O5/c1-3-35-24(31)22-20(16-28-12-14-29(15-13-28)21-7-5-4-6-17(21)2)26-25(32)27-23(22)18-8-10-19(11-9-18)30(33)34/h4-11,23H,3,12-16H2,1-2H3,(H2,26,27,32)/t23-/m0/s1. The first kappa shape index (κ1) is 24.2. The van der Waals surface area contributed by atoms with E-state index in [1.54, 1.807) is 19.1 Å². The summed E-state index contributed by atoms with van der Waals surface area (Å²) in [6, 6.07) is 12.9. The summed E-state index contributed by atoms with van der Waals surface area (Å²) in [5.41, 5.74) is 3.73. The van der Waals surface area contributed by atoms with Crippen molar-refractivity contribution >= 4 is 23.4 Å².